The number of amides is 2. The molecule has 2 amide bonds. The molecule has 6 heteroatoms. The van der Waals surface area contributed by atoms with Crippen LogP contribution in [-0.4, -0.2) is 24.6 Å². The van der Waals surface area contributed by atoms with Gasteiger partial charge >= 0.3 is 0 Å². The minimum atomic E-state index is -0.421. The number of carbonyl (C=O) groups is 2. The first kappa shape index (κ1) is 20.8. The number of nitrogens with zero attached hydrogens (tertiary/aromatic N) is 1. The van der Waals surface area contributed by atoms with Crippen LogP contribution in [0.3, 0.4) is 0 Å². The van der Waals surface area contributed by atoms with Crippen LogP contribution < -0.4 is 15.5 Å². The van der Waals surface area contributed by atoms with E-state index in [2.05, 4.69) is 15.8 Å². The van der Waals surface area contributed by atoms with E-state index in [-0.39, 0.29) is 12.5 Å². The zero-order valence-corrected chi connectivity index (χ0v) is 16.7. The van der Waals surface area contributed by atoms with Gasteiger partial charge < -0.3 is 10.1 Å². The summed E-state index contributed by atoms with van der Waals surface area (Å²) in [5.41, 5.74) is 5.69. The lowest BCUT2D eigenvalue weighted by molar-refractivity contribution is -0.120. The number of rotatable bonds is 8. The molecule has 0 aliphatic rings. The van der Waals surface area contributed by atoms with Crippen molar-refractivity contribution in [2.75, 3.05) is 6.54 Å². The second-order valence-corrected chi connectivity index (χ2v) is 6.66. The maximum absolute atomic E-state index is 12.1. The summed E-state index contributed by atoms with van der Waals surface area (Å²) < 4.78 is 5.86. The molecule has 0 heterocycles. The quantitative estimate of drug-likeness (QED) is 0.448. The summed E-state index contributed by atoms with van der Waals surface area (Å²) >= 11 is 0. The fourth-order valence-electron chi connectivity index (χ4n) is 2.72. The molecule has 0 radical (unpaired) electrons. The van der Waals surface area contributed by atoms with E-state index >= 15 is 0 Å². The highest BCUT2D eigenvalue weighted by molar-refractivity contribution is 5.96. The lowest BCUT2D eigenvalue weighted by atomic mass is 10.1. The van der Waals surface area contributed by atoms with Crippen LogP contribution >= 0.6 is 0 Å². The van der Waals surface area contributed by atoms with Crippen molar-refractivity contribution in [3.63, 3.8) is 0 Å². The second-order valence-electron chi connectivity index (χ2n) is 6.66. The number of benzene rings is 3. The van der Waals surface area contributed by atoms with Crippen LogP contribution in [0.4, 0.5) is 0 Å². The SMILES string of the molecule is Cc1cccc(C(=O)NCC(=O)N/N=C\c2ccccc2OCc2ccccc2)c1. The Hall–Kier alpha value is -3.93. The largest absolute Gasteiger partial charge is 0.488 e. The fourth-order valence-corrected chi connectivity index (χ4v) is 2.72. The molecule has 0 unspecified atom stereocenters. The maximum atomic E-state index is 12.1. The molecule has 0 aliphatic heterocycles. The number of hydrogen-bond acceptors (Lipinski definition) is 4. The van der Waals surface area contributed by atoms with E-state index in [4.69, 9.17) is 4.74 Å². The van der Waals surface area contributed by atoms with Crippen LogP contribution in [0, 0.1) is 6.92 Å². The van der Waals surface area contributed by atoms with Gasteiger partial charge in [-0.15, -0.1) is 0 Å². The van der Waals surface area contributed by atoms with E-state index < -0.39 is 5.91 Å². The smallest absolute Gasteiger partial charge is 0.259 e. The lowest BCUT2D eigenvalue weighted by Crippen LogP contribution is -2.34. The summed E-state index contributed by atoms with van der Waals surface area (Å²) in [6.45, 7) is 2.17. The van der Waals surface area contributed by atoms with Crippen LogP contribution in [0.25, 0.3) is 0 Å². The summed E-state index contributed by atoms with van der Waals surface area (Å²) in [6.07, 6.45) is 1.51. The van der Waals surface area contributed by atoms with Crippen LogP contribution in [0.5, 0.6) is 5.75 Å². The predicted octanol–water partition coefficient (Wildman–Crippen LogP) is 3.45. The van der Waals surface area contributed by atoms with Gasteiger partial charge in [0.05, 0.1) is 12.8 Å². The van der Waals surface area contributed by atoms with Gasteiger partial charge in [-0.25, -0.2) is 5.43 Å². The van der Waals surface area contributed by atoms with Gasteiger partial charge in [0.2, 0.25) is 0 Å². The molecule has 0 aromatic heterocycles. The number of hydrazone groups is 1. The number of hydrogen-bond donors (Lipinski definition) is 2. The third-order valence-corrected chi connectivity index (χ3v) is 4.24. The standard InChI is InChI=1S/C24H23N3O3/c1-18-8-7-12-20(14-18)24(29)25-16-23(28)27-26-15-21-11-5-6-13-22(21)30-17-19-9-3-2-4-10-19/h2-15H,16-17H2,1H3,(H,25,29)(H,27,28)/b26-15-. The Bertz CT molecular complexity index is 1030. The average molecular weight is 401 g/mol. The summed E-state index contributed by atoms with van der Waals surface area (Å²) in [5.74, 6) is -0.0699. The molecule has 0 saturated carbocycles. The van der Waals surface area contributed by atoms with E-state index in [9.17, 15) is 9.59 Å². The average Bonchev–Trinajstić information content (AvgIpc) is 2.77. The van der Waals surface area contributed by atoms with Gasteiger partial charge in [0.25, 0.3) is 11.8 Å². The third kappa shape index (κ3) is 6.31. The zero-order valence-electron chi connectivity index (χ0n) is 16.7. The lowest BCUT2D eigenvalue weighted by Gasteiger charge is -2.09. The van der Waals surface area contributed by atoms with Crippen LogP contribution in [0.15, 0.2) is 84.0 Å². The molecule has 3 aromatic rings. The molecule has 0 aliphatic carbocycles. The molecule has 2 N–H and O–H groups in total. The van der Waals surface area contributed by atoms with Crippen molar-refractivity contribution in [3.8, 4) is 5.75 Å². The first-order valence-electron chi connectivity index (χ1n) is 9.54. The Balaban J connectivity index is 1.50. The Morgan fingerprint density at radius 1 is 0.967 bits per heavy atom. The van der Waals surface area contributed by atoms with E-state index in [1.807, 2.05) is 67.6 Å². The van der Waals surface area contributed by atoms with E-state index in [0.29, 0.717) is 17.9 Å². The molecule has 0 atom stereocenters. The minimum Gasteiger partial charge on any atom is -0.488 e. The summed E-state index contributed by atoms with van der Waals surface area (Å²) in [6, 6.07) is 24.4. The molecule has 0 bridgehead atoms. The predicted molar refractivity (Wildman–Crippen MR) is 116 cm³/mol. The summed E-state index contributed by atoms with van der Waals surface area (Å²) in [4.78, 5) is 24.0. The molecule has 0 spiro atoms. The molecule has 152 valence electrons. The fraction of sp³-hybridized carbons (Fsp3) is 0.125. The first-order valence-corrected chi connectivity index (χ1v) is 9.54. The number of para-hydroxylation sites is 1. The maximum Gasteiger partial charge on any atom is 0.259 e. The second kappa shape index (κ2) is 10.6. The van der Waals surface area contributed by atoms with Gasteiger partial charge in [-0.2, -0.15) is 5.10 Å². The van der Waals surface area contributed by atoms with Gasteiger partial charge in [0.1, 0.15) is 12.4 Å². The molecule has 30 heavy (non-hydrogen) atoms. The number of aryl methyl sites for hydroxylation is 1. The summed E-state index contributed by atoms with van der Waals surface area (Å²) in [7, 11) is 0. The Morgan fingerprint density at radius 2 is 1.73 bits per heavy atom. The minimum absolute atomic E-state index is 0.170. The van der Waals surface area contributed by atoms with Crippen molar-refractivity contribution in [2.24, 2.45) is 5.10 Å². The van der Waals surface area contributed by atoms with Crippen molar-refractivity contribution >= 4 is 18.0 Å². The van der Waals surface area contributed by atoms with Crippen molar-refractivity contribution in [3.05, 3.63) is 101 Å². The topological polar surface area (TPSA) is 79.8 Å². The first-order chi connectivity index (χ1) is 14.6. The number of carbonyl (C=O) groups excluding carboxylic acids is 2. The van der Waals surface area contributed by atoms with Crippen LogP contribution in [-0.2, 0) is 11.4 Å². The molecular formula is C24H23N3O3. The highest BCUT2D eigenvalue weighted by Crippen LogP contribution is 2.17. The number of ether oxygens (including phenoxy) is 1. The molecule has 3 rings (SSSR count). The zero-order chi connectivity index (χ0) is 21.2. The Kier molecular flexibility index (Phi) is 7.33. The molecular weight excluding hydrogens is 378 g/mol. The van der Waals surface area contributed by atoms with Gasteiger partial charge in [-0.3, -0.25) is 9.59 Å². The Morgan fingerprint density at radius 3 is 2.53 bits per heavy atom. The van der Waals surface area contributed by atoms with Crippen molar-refractivity contribution in [1.82, 2.24) is 10.7 Å². The highest BCUT2D eigenvalue weighted by Gasteiger charge is 2.07. The van der Waals surface area contributed by atoms with E-state index in [1.54, 1.807) is 18.2 Å². The van der Waals surface area contributed by atoms with Crippen LogP contribution in [0.1, 0.15) is 27.0 Å². The normalized spacial score (nSPS) is 10.6. The monoisotopic (exact) mass is 401 g/mol. The van der Waals surface area contributed by atoms with Crippen molar-refractivity contribution in [1.29, 1.82) is 0 Å². The van der Waals surface area contributed by atoms with Crippen molar-refractivity contribution < 1.29 is 14.3 Å². The molecule has 3 aromatic carbocycles. The molecule has 0 fully saturated rings. The Labute approximate surface area is 175 Å². The van der Waals surface area contributed by atoms with E-state index in [0.717, 1.165) is 16.7 Å². The number of nitrogens with one attached hydrogen (secondary N) is 2. The highest BCUT2D eigenvalue weighted by atomic mass is 16.5. The van der Waals surface area contributed by atoms with Crippen LogP contribution in [0.2, 0.25) is 0 Å². The molecule has 0 saturated heterocycles. The van der Waals surface area contributed by atoms with E-state index in [1.165, 1.54) is 6.21 Å². The molecule has 6 nitrogen and oxygen atoms in total. The van der Waals surface area contributed by atoms with Gasteiger partial charge in [0, 0.05) is 11.1 Å². The van der Waals surface area contributed by atoms with Gasteiger partial charge in [-0.1, -0.05) is 60.2 Å². The summed E-state index contributed by atoms with van der Waals surface area (Å²) in [5, 5.41) is 6.54. The van der Waals surface area contributed by atoms with Crippen molar-refractivity contribution in [2.45, 2.75) is 13.5 Å². The van der Waals surface area contributed by atoms with Gasteiger partial charge in [-0.05, 0) is 36.8 Å². The third-order valence-electron chi connectivity index (χ3n) is 4.24. The van der Waals surface area contributed by atoms with Gasteiger partial charge in [0.15, 0.2) is 0 Å².